The molecule has 6 heteroatoms. The standard InChI is InChI=1S/C18H18Cl2O4/c1-2-17(22)12-4-6-14(7-5-12)23-8-3-9-24-18-15(19)10-13(21)11-16(18)20/h4-7,10-11,21H,2-3,8-9H2,1H3. The van der Waals surface area contributed by atoms with Gasteiger partial charge < -0.3 is 14.6 Å². The van der Waals surface area contributed by atoms with Gasteiger partial charge in [0.15, 0.2) is 11.5 Å². The number of ether oxygens (including phenoxy) is 2. The summed E-state index contributed by atoms with van der Waals surface area (Å²) < 4.78 is 11.1. The summed E-state index contributed by atoms with van der Waals surface area (Å²) in [6, 6.07) is 9.81. The van der Waals surface area contributed by atoms with E-state index in [1.165, 1.54) is 12.1 Å². The summed E-state index contributed by atoms with van der Waals surface area (Å²) >= 11 is 11.9. The molecule has 0 heterocycles. The van der Waals surface area contributed by atoms with Gasteiger partial charge in [0, 0.05) is 30.5 Å². The first-order chi connectivity index (χ1) is 11.5. The average molecular weight is 369 g/mol. The highest BCUT2D eigenvalue weighted by Crippen LogP contribution is 2.36. The van der Waals surface area contributed by atoms with Crippen LogP contribution in [-0.4, -0.2) is 24.1 Å². The zero-order valence-electron chi connectivity index (χ0n) is 13.2. The largest absolute Gasteiger partial charge is 0.508 e. The second-order valence-electron chi connectivity index (χ2n) is 5.09. The Labute approximate surface area is 150 Å². The van der Waals surface area contributed by atoms with Gasteiger partial charge in [-0.1, -0.05) is 30.1 Å². The summed E-state index contributed by atoms with van der Waals surface area (Å²) in [5, 5.41) is 9.88. The molecule has 0 aromatic heterocycles. The Kier molecular flexibility index (Phi) is 6.76. The molecule has 0 atom stereocenters. The van der Waals surface area contributed by atoms with Crippen LogP contribution in [0.4, 0.5) is 0 Å². The van der Waals surface area contributed by atoms with Crippen molar-refractivity contribution in [2.75, 3.05) is 13.2 Å². The quantitative estimate of drug-likeness (QED) is 0.517. The summed E-state index contributed by atoms with van der Waals surface area (Å²) in [4.78, 5) is 11.5. The molecule has 2 aromatic rings. The highest BCUT2D eigenvalue weighted by molar-refractivity contribution is 6.37. The summed E-state index contributed by atoms with van der Waals surface area (Å²) in [7, 11) is 0. The maximum atomic E-state index is 11.5. The zero-order valence-corrected chi connectivity index (χ0v) is 14.7. The molecule has 128 valence electrons. The fraction of sp³-hybridized carbons (Fsp3) is 0.278. The van der Waals surface area contributed by atoms with Gasteiger partial charge in [-0.05, 0) is 24.3 Å². The van der Waals surface area contributed by atoms with Crippen molar-refractivity contribution in [1.82, 2.24) is 0 Å². The van der Waals surface area contributed by atoms with Gasteiger partial charge in [-0.15, -0.1) is 0 Å². The normalized spacial score (nSPS) is 10.5. The number of aromatic hydroxyl groups is 1. The maximum absolute atomic E-state index is 11.5. The van der Waals surface area contributed by atoms with Crippen LogP contribution in [0.5, 0.6) is 17.2 Å². The third-order valence-electron chi connectivity index (χ3n) is 3.28. The molecular formula is C18H18Cl2O4. The van der Waals surface area contributed by atoms with Crippen LogP contribution in [-0.2, 0) is 0 Å². The lowest BCUT2D eigenvalue weighted by Gasteiger charge is -2.11. The Morgan fingerprint density at radius 3 is 2.21 bits per heavy atom. The molecule has 0 fully saturated rings. The number of halogens is 2. The van der Waals surface area contributed by atoms with E-state index in [1.54, 1.807) is 24.3 Å². The third-order valence-corrected chi connectivity index (χ3v) is 3.85. The Morgan fingerprint density at radius 2 is 1.62 bits per heavy atom. The molecule has 0 aliphatic carbocycles. The number of benzene rings is 2. The number of phenols is 1. The molecule has 0 aliphatic heterocycles. The van der Waals surface area contributed by atoms with Crippen LogP contribution >= 0.6 is 23.2 Å². The second-order valence-corrected chi connectivity index (χ2v) is 5.90. The van der Waals surface area contributed by atoms with Crippen LogP contribution in [0.1, 0.15) is 30.1 Å². The maximum Gasteiger partial charge on any atom is 0.162 e. The van der Waals surface area contributed by atoms with Crippen molar-refractivity contribution in [3.8, 4) is 17.2 Å². The Bertz CT molecular complexity index is 676. The van der Waals surface area contributed by atoms with E-state index in [9.17, 15) is 9.90 Å². The van der Waals surface area contributed by atoms with Gasteiger partial charge in [0.05, 0.1) is 23.3 Å². The molecule has 2 rings (SSSR count). The number of phenolic OH excluding ortho intramolecular Hbond substituents is 1. The fourth-order valence-electron chi connectivity index (χ4n) is 2.05. The number of rotatable bonds is 8. The molecule has 24 heavy (non-hydrogen) atoms. The Morgan fingerprint density at radius 1 is 1.04 bits per heavy atom. The molecule has 2 aromatic carbocycles. The minimum Gasteiger partial charge on any atom is -0.508 e. The first-order valence-electron chi connectivity index (χ1n) is 7.58. The Balaban J connectivity index is 1.76. The van der Waals surface area contributed by atoms with Crippen LogP contribution in [0.3, 0.4) is 0 Å². The molecule has 1 N–H and O–H groups in total. The van der Waals surface area contributed by atoms with Crippen molar-refractivity contribution in [3.05, 3.63) is 52.0 Å². The van der Waals surface area contributed by atoms with E-state index in [0.717, 1.165) is 0 Å². The lowest BCUT2D eigenvalue weighted by molar-refractivity contribution is 0.0988. The van der Waals surface area contributed by atoms with E-state index in [1.807, 2.05) is 6.92 Å². The van der Waals surface area contributed by atoms with E-state index in [4.69, 9.17) is 32.7 Å². The first-order valence-corrected chi connectivity index (χ1v) is 8.33. The van der Waals surface area contributed by atoms with Crippen LogP contribution < -0.4 is 9.47 Å². The second kappa shape index (κ2) is 8.81. The predicted molar refractivity (Wildman–Crippen MR) is 94.8 cm³/mol. The van der Waals surface area contributed by atoms with Crippen LogP contribution in [0.2, 0.25) is 10.0 Å². The molecular weight excluding hydrogens is 351 g/mol. The molecule has 0 amide bonds. The molecule has 0 bridgehead atoms. The summed E-state index contributed by atoms with van der Waals surface area (Å²) in [6.07, 6.45) is 1.11. The predicted octanol–water partition coefficient (Wildman–Crippen LogP) is 5.14. The molecule has 0 unspecified atom stereocenters. The average Bonchev–Trinajstić information content (AvgIpc) is 2.56. The summed E-state index contributed by atoms with van der Waals surface area (Å²) in [5.74, 6) is 1.14. The lowest BCUT2D eigenvalue weighted by Crippen LogP contribution is -2.05. The topological polar surface area (TPSA) is 55.8 Å². The molecule has 0 saturated heterocycles. The van der Waals surface area contributed by atoms with E-state index in [-0.39, 0.29) is 21.6 Å². The van der Waals surface area contributed by atoms with Gasteiger partial charge in [-0.2, -0.15) is 0 Å². The van der Waals surface area contributed by atoms with Gasteiger partial charge >= 0.3 is 0 Å². The lowest BCUT2D eigenvalue weighted by atomic mass is 10.1. The highest BCUT2D eigenvalue weighted by Gasteiger charge is 2.09. The van der Waals surface area contributed by atoms with Gasteiger partial charge in [0.2, 0.25) is 0 Å². The van der Waals surface area contributed by atoms with Crippen molar-refractivity contribution in [2.45, 2.75) is 19.8 Å². The zero-order chi connectivity index (χ0) is 17.5. The summed E-state index contributed by atoms with van der Waals surface area (Å²) in [6.45, 7) is 2.66. The van der Waals surface area contributed by atoms with E-state index in [0.29, 0.717) is 43.1 Å². The van der Waals surface area contributed by atoms with E-state index < -0.39 is 0 Å². The van der Waals surface area contributed by atoms with Crippen LogP contribution in [0.15, 0.2) is 36.4 Å². The smallest absolute Gasteiger partial charge is 0.162 e. The highest BCUT2D eigenvalue weighted by atomic mass is 35.5. The number of ketones is 1. The molecule has 4 nitrogen and oxygen atoms in total. The molecule has 0 aliphatic rings. The number of carbonyl (C=O) groups is 1. The summed E-state index contributed by atoms with van der Waals surface area (Å²) in [5.41, 5.74) is 0.685. The van der Waals surface area contributed by atoms with Gasteiger partial charge in [0.1, 0.15) is 11.5 Å². The van der Waals surface area contributed by atoms with Crippen LogP contribution in [0.25, 0.3) is 0 Å². The van der Waals surface area contributed by atoms with E-state index in [2.05, 4.69) is 0 Å². The third kappa shape index (κ3) is 5.05. The number of hydrogen-bond acceptors (Lipinski definition) is 4. The van der Waals surface area contributed by atoms with Crippen LogP contribution in [0, 0.1) is 0 Å². The minimum atomic E-state index is -0.00863. The SMILES string of the molecule is CCC(=O)c1ccc(OCCCOc2c(Cl)cc(O)cc2Cl)cc1. The van der Waals surface area contributed by atoms with Crippen molar-refractivity contribution < 1.29 is 19.4 Å². The van der Waals surface area contributed by atoms with Gasteiger partial charge in [0.25, 0.3) is 0 Å². The van der Waals surface area contributed by atoms with Crippen molar-refractivity contribution in [1.29, 1.82) is 0 Å². The minimum absolute atomic E-state index is 0.00863. The molecule has 0 saturated carbocycles. The number of hydrogen-bond donors (Lipinski definition) is 1. The van der Waals surface area contributed by atoms with Crippen molar-refractivity contribution in [3.63, 3.8) is 0 Å². The number of Topliss-reactive ketones (excluding diaryl/α,β-unsaturated/α-hetero) is 1. The Hall–Kier alpha value is -1.91. The first kappa shape index (κ1) is 18.4. The molecule has 0 spiro atoms. The van der Waals surface area contributed by atoms with Gasteiger partial charge in [-0.25, -0.2) is 0 Å². The molecule has 0 radical (unpaired) electrons. The fourth-order valence-corrected chi connectivity index (χ4v) is 2.63. The monoisotopic (exact) mass is 368 g/mol. The van der Waals surface area contributed by atoms with Gasteiger partial charge in [-0.3, -0.25) is 4.79 Å². The van der Waals surface area contributed by atoms with Crippen molar-refractivity contribution >= 4 is 29.0 Å². The van der Waals surface area contributed by atoms with E-state index >= 15 is 0 Å². The van der Waals surface area contributed by atoms with Crippen molar-refractivity contribution in [2.24, 2.45) is 0 Å². The number of carbonyl (C=O) groups excluding carboxylic acids is 1.